The minimum absolute atomic E-state index is 0.00227. The van der Waals surface area contributed by atoms with Crippen molar-refractivity contribution in [2.24, 2.45) is 0 Å². The average Bonchev–Trinajstić information content (AvgIpc) is 3.23. The molecule has 35 heavy (non-hydrogen) atoms. The second-order valence-electron chi connectivity index (χ2n) is 7.77. The average molecular weight is 484 g/mol. The maximum Gasteiger partial charge on any atom is 0.416 e. The molecule has 0 fully saturated rings. The molecule has 0 bridgehead atoms. The molecule has 0 unspecified atom stereocenters. The Morgan fingerprint density at radius 2 is 1.83 bits per heavy atom. The van der Waals surface area contributed by atoms with Crippen LogP contribution in [0.25, 0.3) is 16.7 Å². The lowest BCUT2D eigenvalue weighted by atomic mass is 10.1. The predicted molar refractivity (Wildman–Crippen MR) is 121 cm³/mol. The number of benzene rings is 2. The highest BCUT2D eigenvalue weighted by atomic mass is 19.4. The van der Waals surface area contributed by atoms with E-state index in [0.29, 0.717) is 5.69 Å². The Morgan fingerprint density at radius 3 is 2.57 bits per heavy atom. The summed E-state index contributed by atoms with van der Waals surface area (Å²) in [5, 5.41) is 8.71. The van der Waals surface area contributed by atoms with Crippen LogP contribution in [0.2, 0.25) is 0 Å². The van der Waals surface area contributed by atoms with Crippen molar-refractivity contribution in [2.45, 2.75) is 26.6 Å². The van der Waals surface area contributed by atoms with Crippen molar-refractivity contribution in [1.82, 2.24) is 24.6 Å². The number of hydrogen-bond donors (Lipinski definition) is 2. The molecule has 180 valence electrons. The summed E-state index contributed by atoms with van der Waals surface area (Å²) in [5.74, 6) is -0.763. The van der Waals surface area contributed by atoms with Gasteiger partial charge in [0.05, 0.1) is 17.4 Å². The van der Waals surface area contributed by atoms with Crippen LogP contribution in [-0.4, -0.2) is 31.3 Å². The molecule has 2 aromatic heterocycles. The number of urea groups is 1. The zero-order chi connectivity index (χ0) is 25.3. The van der Waals surface area contributed by atoms with E-state index in [9.17, 15) is 27.6 Å². The first kappa shape index (κ1) is 23.7. The third-order valence-corrected chi connectivity index (χ3v) is 5.39. The maximum atomic E-state index is 13.0. The molecule has 12 heteroatoms. The van der Waals surface area contributed by atoms with E-state index in [2.05, 4.69) is 20.7 Å². The third kappa shape index (κ3) is 4.90. The summed E-state index contributed by atoms with van der Waals surface area (Å²) in [7, 11) is 0. The number of hydrogen-bond acceptors (Lipinski definition) is 5. The van der Waals surface area contributed by atoms with Crippen LogP contribution >= 0.6 is 0 Å². The van der Waals surface area contributed by atoms with Gasteiger partial charge in [-0.2, -0.15) is 18.3 Å². The van der Waals surface area contributed by atoms with E-state index in [1.807, 2.05) is 19.9 Å². The molecule has 0 saturated heterocycles. The minimum Gasteiger partial charge on any atom is -0.307 e. The van der Waals surface area contributed by atoms with Gasteiger partial charge < -0.3 is 5.32 Å². The summed E-state index contributed by atoms with van der Waals surface area (Å²) in [4.78, 5) is 41.4. The molecule has 0 spiro atoms. The molecule has 2 aromatic carbocycles. The van der Waals surface area contributed by atoms with Crippen LogP contribution in [0.5, 0.6) is 0 Å². The lowest BCUT2D eigenvalue weighted by Gasteiger charge is -2.11. The molecule has 4 rings (SSSR count). The standard InChI is InChI=1S/C23H19F3N6O3/c1-13-5-3-8-18(14(13)2)29-22(35)30-19(33)11-31-12-27-20-17(21(31)34)10-28-32(20)16-7-4-6-15(9-16)23(24,25)26/h3-10,12H,11H2,1-2H3,(H2,29,30,33,35). The Bertz CT molecular complexity index is 1510. The van der Waals surface area contributed by atoms with Gasteiger partial charge in [0, 0.05) is 5.69 Å². The van der Waals surface area contributed by atoms with Gasteiger partial charge >= 0.3 is 12.2 Å². The van der Waals surface area contributed by atoms with Crippen LogP contribution in [0, 0.1) is 13.8 Å². The van der Waals surface area contributed by atoms with Gasteiger partial charge in [-0.15, -0.1) is 0 Å². The maximum absolute atomic E-state index is 13.0. The van der Waals surface area contributed by atoms with Crippen molar-refractivity contribution in [3.63, 3.8) is 0 Å². The number of carbonyl (C=O) groups excluding carboxylic acids is 2. The number of halogens is 3. The third-order valence-electron chi connectivity index (χ3n) is 5.39. The number of imide groups is 1. The molecule has 4 aromatic rings. The molecular formula is C23H19F3N6O3. The highest BCUT2D eigenvalue weighted by Crippen LogP contribution is 2.30. The van der Waals surface area contributed by atoms with Crippen molar-refractivity contribution in [2.75, 3.05) is 5.32 Å². The number of carbonyl (C=O) groups is 2. The van der Waals surface area contributed by atoms with Gasteiger partial charge in [0.15, 0.2) is 5.65 Å². The summed E-state index contributed by atoms with van der Waals surface area (Å²) >= 11 is 0. The van der Waals surface area contributed by atoms with Gasteiger partial charge in [0.2, 0.25) is 5.91 Å². The lowest BCUT2D eigenvalue weighted by Crippen LogP contribution is -2.38. The highest BCUT2D eigenvalue weighted by Gasteiger charge is 2.30. The van der Waals surface area contributed by atoms with E-state index in [1.54, 1.807) is 12.1 Å². The van der Waals surface area contributed by atoms with Crippen molar-refractivity contribution in [1.29, 1.82) is 0 Å². The Morgan fingerprint density at radius 1 is 1.09 bits per heavy atom. The van der Waals surface area contributed by atoms with Crippen LogP contribution in [0.1, 0.15) is 16.7 Å². The molecule has 0 aliphatic rings. The van der Waals surface area contributed by atoms with E-state index in [1.165, 1.54) is 12.1 Å². The lowest BCUT2D eigenvalue weighted by molar-refractivity contribution is -0.137. The summed E-state index contributed by atoms with van der Waals surface area (Å²) in [6.45, 7) is 3.21. The van der Waals surface area contributed by atoms with Crippen molar-refractivity contribution < 1.29 is 22.8 Å². The van der Waals surface area contributed by atoms with Crippen LogP contribution in [-0.2, 0) is 17.5 Å². The second-order valence-corrected chi connectivity index (χ2v) is 7.77. The highest BCUT2D eigenvalue weighted by molar-refractivity contribution is 6.01. The topological polar surface area (TPSA) is 111 Å². The number of rotatable bonds is 4. The summed E-state index contributed by atoms with van der Waals surface area (Å²) in [5.41, 5.74) is 0.933. The molecule has 3 amide bonds. The SMILES string of the molecule is Cc1cccc(NC(=O)NC(=O)Cn2cnc3c(cnn3-c3cccc(C(F)(F)F)c3)c2=O)c1C. The number of fused-ring (bicyclic) bond motifs is 1. The number of nitrogens with zero attached hydrogens (tertiary/aromatic N) is 4. The Balaban J connectivity index is 1.52. The monoisotopic (exact) mass is 484 g/mol. The van der Waals surface area contributed by atoms with Gasteiger partial charge in [-0.25, -0.2) is 14.5 Å². The van der Waals surface area contributed by atoms with Gasteiger partial charge in [-0.3, -0.25) is 19.5 Å². The number of aromatic nitrogens is 4. The first-order chi connectivity index (χ1) is 16.5. The van der Waals surface area contributed by atoms with Crippen LogP contribution in [0.15, 0.2) is 59.8 Å². The number of aryl methyl sites for hydroxylation is 1. The molecule has 9 nitrogen and oxygen atoms in total. The number of amides is 3. The Labute approximate surface area is 196 Å². The van der Waals surface area contributed by atoms with Crippen molar-refractivity contribution >= 4 is 28.7 Å². The van der Waals surface area contributed by atoms with Gasteiger partial charge in [0.25, 0.3) is 5.56 Å². The molecule has 0 aliphatic heterocycles. The second kappa shape index (κ2) is 9.05. The largest absolute Gasteiger partial charge is 0.416 e. The zero-order valence-electron chi connectivity index (χ0n) is 18.6. The number of alkyl halides is 3. The quantitative estimate of drug-likeness (QED) is 0.460. The van der Waals surface area contributed by atoms with Crippen molar-refractivity contribution in [3.05, 3.63) is 82.0 Å². The predicted octanol–water partition coefficient (Wildman–Crippen LogP) is 3.57. The van der Waals surface area contributed by atoms with Crippen LogP contribution in [0.4, 0.5) is 23.7 Å². The molecule has 0 saturated carbocycles. The zero-order valence-corrected chi connectivity index (χ0v) is 18.6. The van der Waals surface area contributed by atoms with E-state index in [-0.39, 0.29) is 16.7 Å². The Hall–Kier alpha value is -4.48. The molecule has 0 atom stereocenters. The van der Waals surface area contributed by atoms with Gasteiger partial charge in [-0.05, 0) is 49.2 Å². The number of anilines is 1. The smallest absolute Gasteiger partial charge is 0.307 e. The van der Waals surface area contributed by atoms with E-state index >= 15 is 0 Å². The first-order valence-electron chi connectivity index (χ1n) is 10.3. The fraction of sp³-hybridized carbons (Fsp3) is 0.174. The van der Waals surface area contributed by atoms with Crippen molar-refractivity contribution in [3.8, 4) is 5.69 Å². The summed E-state index contributed by atoms with van der Waals surface area (Å²) < 4.78 is 41.2. The minimum atomic E-state index is -4.54. The van der Waals surface area contributed by atoms with E-state index in [0.717, 1.165) is 45.0 Å². The fourth-order valence-corrected chi connectivity index (χ4v) is 3.43. The van der Waals surface area contributed by atoms with Gasteiger partial charge in [0.1, 0.15) is 18.3 Å². The van der Waals surface area contributed by atoms with Gasteiger partial charge in [-0.1, -0.05) is 18.2 Å². The van der Waals surface area contributed by atoms with Crippen LogP contribution < -0.4 is 16.2 Å². The summed E-state index contributed by atoms with van der Waals surface area (Å²) in [6, 6.07) is 9.01. The molecule has 2 heterocycles. The first-order valence-corrected chi connectivity index (χ1v) is 10.3. The fourth-order valence-electron chi connectivity index (χ4n) is 3.43. The van der Waals surface area contributed by atoms with Crippen LogP contribution in [0.3, 0.4) is 0 Å². The molecule has 0 radical (unpaired) electrons. The molecule has 2 N–H and O–H groups in total. The van der Waals surface area contributed by atoms with E-state index < -0.39 is 35.8 Å². The molecular weight excluding hydrogens is 465 g/mol. The van der Waals surface area contributed by atoms with E-state index in [4.69, 9.17) is 0 Å². The summed E-state index contributed by atoms with van der Waals surface area (Å²) in [6.07, 6.45) is -2.32. The Kier molecular flexibility index (Phi) is 6.12. The normalized spacial score (nSPS) is 11.5. The molecule has 0 aliphatic carbocycles. The number of nitrogens with one attached hydrogen (secondary N) is 2.